The molecule has 0 aliphatic carbocycles. The van der Waals surface area contributed by atoms with Crippen molar-refractivity contribution in [3.8, 4) is 0 Å². The van der Waals surface area contributed by atoms with Gasteiger partial charge in [-0.15, -0.1) is 12.6 Å². The molecule has 3 rings (SSSR count). The van der Waals surface area contributed by atoms with E-state index in [0.717, 1.165) is 19.4 Å². The first-order chi connectivity index (χ1) is 9.75. The molecule has 0 N–H and O–H groups in total. The molecular formula is C17H17NS2. The summed E-state index contributed by atoms with van der Waals surface area (Å²) >= 11 is 9.74. The van der Waals surface area contributed by atoms with E-state index >= 15 is 0 Å². The molecule has 0 bridgehead atoms. The Morgan fingerprint density at radius 3 is 2.55 bits per heavy atom. The smallest absolute Gasteiger partial charge is 0.133 e. The van der Waals surface area contributed by atoms with Crippen LogP contribution in [0.4, 0.5) is 0 Å². The molecular weight excluding hydrogens is 282 g/mol. The Morgan fingerprint density at radius 1 is 1.10 bits per heavy atom. The molecule has 1 aliphatic heterocycles. The van der Waals surface area contributed by atoms with Crippen LogP contribution in [0.15, 0.2) is 54.6 Å². The average Bonchev–Trinajstić information content (AvgIpc) is 2.48. The standard InChI is InChI=1S/C17H17NS2/c19-17(20)18-11-10-14-8-4-5-9-15(14)16(18)12-13-6-2-1-3-7-13/h1-9,16H,10-12H2,(H,19,20). The van der Waals surface area contributed by atoms with Gasteiger partial charge in [0.15, 0.2) is 0 Å². The maximum atomic E-state index is 5.33. The molecule has 1 nitrogen and oxygen atoms in total. The van der Waals surface area contributed by atoms with Crippen molar-refractivity contribution in [2.45, 2.75) is 18.9 Å². The van der Waals surface area contributed by atoms with Crippen molar-refractivity contribution in [1.82, 2.24) is 4.90 Å². The summed E-state index contributed by atoms with van der Waals surface area (Å²) in [4.78, 5) is 2.24. The van der Waals surface area contributed by atoms with Gasteiger partial charge in [-0.3, -0.25) is 0 Å². The molecule has 0 amide bonds. The number of thiol groups is 1. The van der Waals surface area contributed by atoms with E-state index in [4.69, 9.17) is 12.2 Å². The predicted molar refractivity (Wildman–Crippen MR) is 91.3 cm³/mol. The fraction of sp³-hybridized carbons (Fsp3) is 0.235. The molecule has 0 saturated carbocycles. The van der Waals surface area contributed by atoms with Crippen molar-refractivity contribution in [1.29, 1.82) is 0 Å². The third-order valence-corrected chi connectivity index (χ3v) is 4.42. The summed E-state index contributed by atoms with van der Waals surface area (Å²) in [5, 5.41) is 0. The summed E-state index contributed by atoms with van der Waals surface area (Å²) in [6.07, 6.45) is 2.01. The van der Waals surface area contributed by atoms with Crippen molar-refractivity contribution in [2.24, 2.45) is 0 Å². The second kappa shape index (κ2) is 5.98. The lowest BCUT2D eigenvalue weighted by Gasteiger charge is -2.38. The normalized spacial score (nSPS) is 17.6. The van der Waals surface area contributed by atoms with E-state index in [2.05, 4.69) is 72.1 Å². The van der Waals surface area contributed by atoms with Gasteiger partial charge in [-0.2, -0.15) is 0 Å². The van der Waals surface area contributed by atoms with Gasteiger partial charge in [0.1, 0.15) is 4.32 Å². The van der Waals surface area contributed by atoms with Gasteiger partial charge in [0.25, 0.3) is 0 Å². The summed E-state index contributed by atoms with van der Waals surface area (Å²) < 4.78 is 0.695. The van der Waals surface area contributed by atoms with Crippen LogP contribution in [0.2, 0.25) is 0 Å². The lowest BCUT2D eigenvalue weighted by Crippen LogP contribution is -2.38. The zero-order valence-electron chi connectivity index (χ0n) is 11.2. The minimum absolute atomic E-state index is 0.298. The van der Waals surface area contributed by atoms with E-state index in [1.165, 1.54) is 16.7 Å². The topological polar surface area (TPSA) is 3.24 Å². The number of nitrogens with zero attached hydrogens (tertiary/aromatic N) is 1. The van der Waals surface area contributed by atoms with Crippen LogP contribution in [0.5, 0.6) is 0 Å². The van der Waals surface area contributed by atoms with Gasteiger partial charge in [-0.05, 0) is 29.5 Å². The SMILES string of the molecule is S=C(S)N1CCc2ccccc2C1Cc1ccccc1. The number of fused-ring (bicyclic) bond motifs is 1. The maximum Gasteiger partial charge on any atom is 0.133 e. The summed E-state index contributed by atoms with van der Waals surface area (Å²) in [5.74, 6) is 0. The lowest BCUT2D eigenvalue weighted by molar-refractivity contribution is 0.307. The van der Waals surface area contributed by atoms with Crippen LogP contribution in [0, 0.1) is 0 Å². The molecule has 2 aromatic rings. The van der Waals surface area contributed by atoms with Crippen molar-refractivity contribution < 1.29 is 0 Å². The lowest BCUT2D eigenvalue weighted by atomic mass is 9.89. The molecule has 20 heavy (non-hydrogen) atoms. The molecule has 3 heteroatoms. The summed E-state index contributed by atoms with van der Waals surface area (Å²) in [6.45, 7) is 0.955. The van der Waals surface area contributed by atoms with E-state index < -0.39 is 0 Å². The largest absolute Gasteiger partial charge is 0.350 e. The average molecular weight is 299 g/mol. The molecule has 0 saturated heterocycles. The Labute approximate surface area is 131 Å². The van der Waals surface area contributed by atoms with Crippen LogP contribution >= 0.6 is 24.8 Å². The van der Waals surface area contributed by atoms with Crippen molar-refractivity contribution in [3.63, 3.8) is 0 Å². The molecule has 2 aromatic carbocycles. The zero-order valence-corrected chi connectivity index (χ0v) is 12.9. The molecule has 0 aromatic heterocycles. The minimum atomic E-state index is 0.298. The van der Waals surface area contributed by atoms with Gasteiger partial charge < -0.3 is 4.90 Å². The highest BCUT2D eigenvalue weighted by Crippen LogP contribution is 2.33. The van der Waals surface area contributed by atoms with Crippen LogP contribution < -0.4 is 0 Å². The van der Waals surface area contributed by atoms with Gasteiger partial charge in [-0.25, -0.2) is 0 Å². The van der Waals surface area contributed by atoms with Crippen LogP contribution in [-0.4, -0.2) is 15.8 Å². The van der Waals surface area contributed by atoms with E-state index in [9.17, 15) is 0 Å². The van der Waals surface area contributed by atoms with Crippen LogP contribution in [0.3, 0.4) is 0 Å². The zero-order chi connectivity index (χ0) is 13.9. The van der Waals surface area contributed by atoms with Crippen LogP contribution in [0.1, 0.15) is 22.7 Å². The van der Waals surface area contributed by atoms with Gasteiger partial charge in [0.2, 0.25) is 0 Å². The Hall–Kier alpha value is -1.32. The summed E-state index contributed by atoms with van der Waals surface area (Å²) in [6, 6.07) is 19.6. The molecule has 0 fully saturated rings. The first-order valence-corrected chi connectivity index (χ1v) is 7.72. The first-order valence-electron chi connectivity index (χ1n) is 6.87. The quantitative estimate of drug-likeness (QED) is 0.658. The highest BCUT2D eigenvalue weighted by molar-refractivity contribution is 8.10. The van der Waals surface area contributed by atoms with Crippen molar-refractivity contribution in [2.75, 3.05) is 6.54 Å². The molecule has 1 atom stereocenters. The fourth-order valence-corrected chi connectivity index (χ4v) is 3.40. The number of hydrogen-bond acceptors (Lipinski definition) is 1. The van der Waals surface area contributed by atoms with E-state index in [1.54, 1.807) is 0 Å². The van der Waals surface area contributed by atoms with Crippen LogP contribution in [0.25, 0.3) is 0 Å². The Balaban J connectivity index is 1.97. The molecule has 1 unspecified atom stereocenters. The second-order valence-corrected chi connectivity index (χ2v) is 6.24. The fourth-order valence-electron chi connectivity index (χ4n) is 2.94. The molecule has 0 spiro atoms. The Morgan fingerprint density at radius 2 is 1.80 bits per heavy atom. The Bertz CT molecular complexity index is 609. The van der Waals surface area contributed by atoms with Crippen molar-refractivity contribution >= 4 is 29.2 Å². The second-order valence-electron chi connectivity index (χ2n) is 5.13. The summed E-state index contributed by atoms with van der Waals surface area (Å²) in [7, 11) is 0. The number of thiocarbonyl (C=S) groups is 1. The number of rotatable bonds is 2. The maximum absolute atomic E-state index is 5.33. The van der Waals surface area contributed by atoms with E-state index in [-0.39, 0.29) is 0 Å². The molecule has 0 radical (unpaired) electrons. The van der Waals surface area contributed by atoms with Crippen molar-refractivity contribution in [3.05, 3.63) is 71.3 Å². The number of benzene rings is 2. The Kier molecular flexibility index (Phi) is 4.08. The van der Waals surface area contributed by atoms with E-state index in [0.29, 0.717) is 10.4 Å². The summed E-state index contributed by atoms with van der Waals surface area (Å²) in [5.41, 5.74) is 4.16. The van der Waals surface area contributed by atoms with E-state index in [1.807, 2.05) is 0 Å². The minimum Gasteiger partial charge on any atom is -0.350 e. The molecule has 102 valence electrons. The van der Waals surface area contributed by atoms with Gasteiger partial charge in [-0.1, -0.05) is 66.8 Å². The van der Waals surface area contributed by atoms with Gasteiger partial charge in [0.05, 0.1) is 6.04 Å². The predicted octanol–water partition coefficient (Wildman–Crippen LogP) is 4.04. The highest BCUT2D eigenvalue weighted by Gasteiger charge is 2.27. The third-order valence-electron chi connectivity index (χ3n) is 3.93. The highest BCUT2D eigenvalue weighted by atomic mass is 32.1. The van der Waals surface area contributed by atoms with Crippen LogP contribution in [-0.2, 0) is 12.8 Å². The third kappa shape index (κ3) is 2.74. The van der Waals surface area contributed by atoms with Gasteiger partial charge >= 0.3 is 0 Å². The molecule has 1 aliphatic rings. The first kappa shape index (κ1) is 13.7. The molecule has 1 heterocycles. The van der Waals surface area contributed by atoms with Gasteiger partial charge in [0, 0.05) is 6.54 Å². The number of hydrogen-bond donors (Lipinski definition) is 1. The monoisotopic (exact) mass is 299 g/mol.